The third kappa shape index (κ3) is 2.30. The van der Waals surface area contributed by atoms with E-state index >= 15 is 0 Å². The lowest BCUT2D eigenvalue weighted by atomic mass is 10.1. The number of likely N-dealkylation sites (tertiary alicyclic amines) is 1. The van der Waals surface area contributed by atoms with Gasteiger partial charge in [0.15, 0.2) is 0 Å². The van der Waals surface area contributed by atoms with Gasteiger partial charge in [0.1, 0.15) is 5.69 Å². The zero-order valence-corrected chi connectivity index (χ0v) is 11.3. The number of ether oxygens (including phenoxy) is 1. The number of hydrogen-bond acceptors (Lipinski definition) is 4. The average molecular weight is 261 g/mol. The van der Waals surface area contributed by atoms with Crippen LogP contribution in [0.15, 0.2) is 12.1 Å². The molecule has 0 spiro atoms. The maximum absolute atomic E-state index is 12.6. The molecular formula is C14H19N3O2. The van der Waals surface area contributed by atoms with Gasteiger partial charge < -0.3 is 15.0 Å². The lowest BCUT2D eigenvalue weighted by molar-refractivity contribution is 0.0690. The predicted molar refractivity (Wildman–Crippen MR) is 71.4 cm³/mol. The van der Waals surface area contributed by atoms with E-state index in [4.69, 9.17) is 4.74 Å². The fourth-order valence-electron chi connectivity index (χ4n) is 2.95. The molecule has 1 aromatic heterocycles. The molecule has 102 valence electrons. The van der Waals surface area contributed by atoms with E-state index in [2.05, 4.69) is 10.3 Å². The number of amides is 1. The van der Waals surface area contributed by atoms with Crippen LogP contribution in [0.5, 0.6) is 5.88 Å². The molecule has 2 fully saturated rings. The molecule has 2 atom stereocenters. The van der Waals surface area contributed by atoms with Gasteiger partial charge in [0, 0.05) is 31.2 Å². The Labute approximate surface area is 113 Å². The Balaban J connectivity index is 1.83. The molecule has 3 heterocycles. The van der Waals surface area contributed by atoms with E-state index in [-0.39, 0.29) is 5.91 Å². The molecule has 3 rings (SSSR count). The van der Waals surface area contributed by atoms with E-state index in [0.717, 1.165) is 18.7 Å². The van der Waals surface area contributed by atoms with Crippen LogP contribution in [-0.4, -0.2) is 48.1 Å². The van der Waals surface area contributed by atoms with E-state index in [1.54, 1.807) is 13.2 Å². The molecule has 5 nitrogen and oxygen atoms in total. The first kappa shape index (κ1) is 12.4. The largest absolute Gasteiger partial charge is 0.481 e. The van der Waals surface area contributed by atoms with E-state index in [1.165, 1.54) is 12.8 Å². The molecule has 1 N–H and O–H groups in total. The topological polar surface area (TPSA) is 54.5 Å². The summed E-state index contributed by atoms with van der Waals surface area (Å²) in [6.07, 6.45) is 2.33. The summed E-state index contributed by atoms with van der Waals surface area (Å²) in [5.74, 6) is 0.516. The Bertz CT molecular complexity index is 491. The van der Waals surface area contributed by atoms with Crippen molar-refractivity contribution in [1.29, 1.82) is 0 Å². The monoisotopic (exact) mass is 261 g/mol. The summed E-state index contributed by atoms with van der Waals surface area (Å²) in [5.41, 5.74) is 1.41. The van der Waals surface area contributed by atoms with Crippen molar-refractivity contribution in [2.24, 2.45) is 0 Å². The highest BCUT2D eigenvalue weighted by atomic mass is 16.5. The van der Waals surface area contributed by atoms with Crippen molar-refractivity contribution in [3.8, 4) is 5.88 Å². The molecule has 19 heavy (non-hydrogen) atoms. The van der Waals surface area contributed by atoms with Gasteiger partial charge in [-0.2, -0.15) is 0 Å². The summed E-state index contributed by atoms with van der Waals surface area (Å²) in [7, 11) is 1.57. The highest BCUT2D eigenvalue weighted by Gasteiger charge is 2.35. The molecule has 5 heteroatoms. The van der Waals surface area contributed by atoms with Crippen LogP contribution in [0.25, 0.3) is 0 Å². The Hall–Kier alpha value is -1.62. The van der Waals surface area contributed by atoms with Gasteiger partial charge in [0.2, 0.25) is 5.88 Å². The minimum atomic E-state index is 0.0230. The molecule has 0 aromatic carbocycles. The fourth-order valence-corrected chi connectivity index (χ4v) is 2.95. The quantitative estimate of drug-likeness (QED) is 0.862. The number of methoxy groups -OCH3 is 1. The Kier molecular flexibility index (Phi) is 3.14. The number of pyridine rings is 1. The number of piperazine rings is 1. The standard InChI is InChI=1S/C14H19N3O2/c1-9-3-6-12(19-2)16-13(9)14(18)17-7-10-4-5-11(8-17)15-10/h3,6,10-11,15H,4-5,7-8H2,1-2H3. The van der Waals surface area contributed by atoms with Crippen LogP contribution in [0.2, 0.25) is 0 Å². The smallest absolute Gasteiger partial charge is 0.272 e. The van der Waals surface area contributed by atoms with Crippen LogP contribution in [0.4, 0.5) is 0 Å². The lowest BCUT2D eigenvalue weighted by Crippen LogP contribution is -2.53. The predicted octanol–water partition coefficient (Wildman–Crippen LogP) is 0.975. The van der Waals surface area contributed by atoms with Crippen molar-refractivity contribution in [2.75, 3.05) is 20.2 Å². The van der Waals surface area contributed by atoms with Gasteiger partial charge in [0.25, 0.3) is 5.91 Å². The highest BCUT2D eigenvalue weighted by Crippen LogP contribution is 2.22. The Morgan fingerprint density at radius 2 is 2.05 bits per heavy atom. The van der Waals surface area contributed by atoms with Crippen LogP contribution >= 0.6 is 0 Å². The second-order valence-corrected chi connectivity index (χ2v) is 5.37. The summed E-state index contributed by atoms with van der Waals surface area (Å²) < 4.78 is 5.11. The lowest BCUT2D eigenvalue weighted by Gasteiger charge is -2.32. The van der Waals surface area contributed by atoms with Gasteiger partial charge >= 0.3 is 0 Å². The maximum Gasteiger partial charge on any atom is 0.272 e. The molecule has 1 aromatic rings. The number of carbonyl (C=O) groups excluding carboxylic acids is 1. The van der Waals surface area contributed by atoms with Crippen LogP contribution < -0.4 is 10.1 Å². The van der Waals surface area contributed by atoms with Gasteiger partial charge in [-0.1, -0.05) is 6.07 Å². The maximum atomic E-state index is 12.6. The zero-order chi connectivity index (χ0) is 13.4. The molecule has 0 saturated carbocycles. The van der Waals surface area contributed by atoms with Crippen molar-refractivity contribution >= 4 is 5.91 Å². The van der Waals surface area contributed by atoms with Gasteiger partial charge in [-0.25, -0.2) is 4.98 Å². The third-order valence-electron chi connectivity index (χ3n) is 3.99. The minimum absolute atomic E-state index is 0.0230. The summed E-state index contributed by atoms with van der Waals surface area (Å²) >= 11 is 0. The molecule has 2 aliphatic heterocycles. The number of fused-ring (bicyclic) bond motifs is 2. The molecule has 0 aliphatic carbocycles. The molecule has 0 radical (unpaired) electrons. The van der Waals surface area contributed by atoms with Crippen LogP contribution in [0.3, 0.4) is 0 Å². The van der Waals surface area contributed by atoms with E-state index in [0.29, 0.717) is 23.7 Å². The number of nitrogens with one attached hydrogen (secondary N) is 1. The van der Waals surface area contributed by atoms with Gasteiger partial charge in [-0.3, -0.25) is 4.79 Å². The van der Waals surface area contributed by atoms with Crippen molar-refractivity contribution < 1.29 is 9.53 Å². The van der Waals surface area contributed by atoms with E-state index < -0.39 is 0 Å². The number of hydrogen-bond donors (Lipinski definition) is 1. The molecule has 2 bridgehead atoms. The van der Waals surface area contributed by atoms with Crippen LogP contribution in [0.1, 0.15) is 28.9 Å². The minimum Gasteiger partial charge on any atom is -0.481 e. The van der Waals surface area contributed by atoms with Crippen molar-refractivity contribution in [1.82, 2.24) is 15.2 Å². The van der Waals surface area contributed by atoms with E-state index in [9.17, 15) is 4.79 Å². The van der Waals surface area contributed by atoms with Gasteiger partial charge in [-0.05, 0) is 25.3 Å². The SMILES string of the molecule is COc1ccc(C)c(C(=O)N2CC3CCC(C2)N3)n1. The number of carbonyl (C=O) groups is 1. The second kappa shape index (κ2) is 4.81. The first-order valence-electron chi connectivity index (χ1n) is 6.74. The first-order valence-corrected chi connectivity index (χ1v) is 6.74. The van der Waals surface area contributed by atoms with Gasteiger partial charge in [-0.15, -0.1) is 0 Å². The average Bonchev–Trinajstić information content (AvgIpc) is 2.77. The summed E-state index contributed by atoms with van der Waals surface area (Å²) in [4.78, 5) is 18.8. The third-order valence-corrected chi connectivity index (χ3v) is 3.99. The van der Waals surface area contributed by atoms with Crippen LogP contribution in [0, 0.1) is 6.92 Å². The highest BCUT2D eigenvalue weighted by molar-refractivity contribution is 5.94. The Morgan fingerprint density at radius 3 is 2.68 bits per heavy atom. The fraction of sp³-hybridized carbons (Fsp3) is 0.571. The first-order chi connectivity index (χ1) is 9.17. The summed E-state index contributed by atoms with van der Waals surface area (Å²) in [6.45, 7) is 3.48. The molecule has 2 unspecified atom stereocenters. The van der Waals surface area contributed by atoms with E-state index in [1.807, 2.05) is 17.9 Å². The summed E-state index contributed by atoms with van der Waals surface area (Å²) in [5, 5.41) is 3.52. The number of aryl methyl sites for hydroxylation is 1. The molecule has 2 aliphatic rings. The van der Waals surface area contributed by atoms with Crippen molar-refractivity contribution in [3.05, 3.63) is 23.4 Å². The number of rotatable bonds is 2. The van der Waals surface area contributed by atoms with Crippen LogP contribution in [-0.2, 0) is 0 Å². The van der Waals surface area contributed by atoms with Crippen molar-refractivity contribution in [3.63, 3.8) is 0 Å². The van der Waals surface area contributed by atoms with Crippen molar-refractivity contribution in [2.45, 2.75) is 31.8 Å². The second-order valence-electron chi connectivity index (χ2n) is 5.37. The molecule has 2 saturated heterocycles. The summed E-state index contributed by atoms with van der Waals surface area (Å²) in [6, 6.07) is 4.57. The Morgan fingerprint density at radius 1 is 1.37 bits per heavy atom. The zero-order valence-electron chi connectivity index (χ0n) is 11.3. The molecular weight excluding hydrogens is 242 g/mol. The number of aromatic nitrogens is 1. The molecule has 1 amide bonds. The normalized spacial score (nSPS) is 25.5. The van der Waals surface area contributed by atoms with Gasteiger partial charge in [0.05, 0.1) is 7.11 Å². The number of nitrogens with zero attached hydrogens (tertiary/aromatic N) is 2.